The van der Waals surface area contributed by atoms with Gasteiger partial charge >= 0.3 is 0 Å². The fourth-order valence-electron chi connectivity index (χ4n) is 2.35. The molecule has 22 heavy (non-hydrogen) atoms. The van der Waals surface area contributed by atoms with Gasteiger partial charge in [0.25, 0.3) is 5.91 Å². The molecule has 0 heterocycles. The van der Waals surface area contributed by atoms with E-state index in [1.165, 1.54) is 12.1 Å². The second-order valence-corrected chi connectivity index (χ2v) is 5.28. The highest BCUT2D eigenvalue weighted by atomic mass is 19.1. The zero-order valence-electron chi connectivity index (χ0n) is 13.1. The summed E-state index contributed by atoms with van der Waals surface area (Å²) in [6.07, 6.45) is 0.658. The Morgan fingerprint density at radius 1 is 1.18 bits per heavy atom. The molecule has 2 rings (SSSR count). The molecule has 0 atom stereocenters. The summed E-state index contributed by atoms with van der Waals surface area (Å²) < 4.78 is 18.6. The summed E-state index contributed by atoms with van der Waals surface area (Å²) in [7, 11) is 1.63. The zero-order valence-corrected chi connectivity index (χ0v) is 13.1. The van der Waals surface area contributed by atoms with Gasteiger partial charge in [-0.25, -0.2) is 4.39 Å². The van der Waals surface area contributed by atoms with E-state index < -0.39 is 5.82 Å². The minimum absolute atomic E-state index is 0.261. The van der Waals surface area contributed by atoms with Crippen molar-refractivity contribution in [3.8, 4) is 5.75 Å². The van der Waals surface area contributed by atoms with E-state index in [-0.39, 0.29) is 5.91 Å². The predicted molar refractivity (Wildman–Crippen MR) is 84.9 cm³/mol. The Bertz CT molecular complexity index is 683. The fourth-order valence-corrected chi connectivity index (χ4v) is 2.35. The first kappa shape index (κ1) is 16.0. The highest BCUT2D eigenvalue weighted by Crippen LogP contribution is 2.19. The van der Waals surface area contributed by atoms with Crippen molar-refractivity contribution in [2.45, 2.75) is 20.3 Å². The van der Waals surface area contributed by atoms with Crippen molar-refractivity contribution in [1.82, 2.24) is 5.32 Å². The van der Waals surface area contributed by atoms with Crippen LogP contribution in [0.4, 0.5) is 4.39 Å². The van der Waals surface area contributed by atoms with E-state index in [1.807, 2.05) is 25.1 Å². The van der Waals surface area contributed by atoms with E-state index in [2.05, 4.69) is 5.32 Å². The van der Waals surface area contributed by atoms with Crippen molar-refractivity contribution in [1.29, 1.82) is 0 Å². The number of carbonyl (C=O) groups is 1. The molecule has 0 aromatic heterocycles. The van der Waals surface area contributed by atoms with Crippen LogP contribution in [0.5, 0.6) is 5.75 Å². The van der Waals surface area contributed by atoms with E-state index in [1.54, 1.807) is 20.1 Å². The quantitative estimate of drug-likeness (QED) is 0.919. The van der Waals surface area contributed by atoms with Crippen molar-refractivity contribution in [2.75, 3.05) is 13.7 Å². The van der Waals surface area contributed by atoms with Crippen LogP contribution < -0.4 is 10.1 Å². The van der Waals surface area contributed by atoms with Gasteiger partial charge in [-0.2, -0.15) is 0 Å². The van der Waals surface area contributed by atoms with Gasteiger partial charge in [-0.1, -0.05) is 23.8 Å². The highest BCUT2D eigenvalue weighted by molar-refractivity contribution is 5.95. The van der Waals surface area contributed by atoms with E-state index >= 15 is 0 Å². The normalized spacial score (nSPS) is 10.4. The third kappa shape index (κ3) is 3.85. The third-order valence-corrected chi connectivity index (χ3v) is 3.56. The smallest absolute Gasteiger partial charge is 0.251 e. The van der Waals surface area contributed by atoms with Crippen molar-refractivity contribution in [3.05, 3.63) is 64.5 Å². The Morgan fingerprint density at radius 3 is 2.68 bits per heavy atom. The lowest BCUT2D eigenvalue weighted by atomic mass is 10.1. The zero-order chi connectivity index (χ0) is 16.1. The maximum absolute atomic E-state index is 13.2. The average Bonchev–Trinajstić information content (AvgIpc) is 2.50. The summed E-state index contributed by atoms with van der Waals surface area (Å²) in [5.41, 5.74) is 3.31. The summed E-state index contributed by atoms with van der Waals surface area (Å²) in [5.74, 6) is 0.140. The van der Waals surface area contributed by atoms with Gasteiger partial charge in [0, 0.05) is 12.1 Å². The van der Waals surface area contributed by atoms with Gasteiger partial charge < -0.3 is 10.1 Å². The van der Waals surface area contributed by atoms with Crippen LogP contribution in [-0.2, 0) is 6.42 Å². The number of methoxy groups -OCH3 is 1. The number of nitrogens with one attached hydrogen (secondary N) is 1. The maximum Gasteiger partial charge on any atom is 0.251 e. The van der Waals surface area contributed by atoms with Gasteiger partial charge in [0.15, 0.2) is 0 Å². The molecule has 0 aliphatic rings. The molecule has 3 nitrogen and oxygen atoms in total. The summed E-state index contributed by atoms with van der Waals surface area (Å²) in [6.45, 7) is 4.27. The topological polar surface area (TPSA) is 38.3 Å². The van der Waals surface area contributed by atoms with E-state index in [0.29, 0.717) is 18.5 Å². The summed E-state index contributed by atoms with van der Waals surface area (Å²) in [4.78, 5) is 12.1. The number of hydrogen-bond acceptors (Lipinski definition) is 2. The van der Waals surface area contributed by atoms with Crippen LogP contribution in [-0.4, -0.2) is 19.6 Å². The lowest BCUT2D eigenvalue weighted by molar-refractivity contribution is 0.0953. The van der Waals surface area contributed by atoms with E-state index in [9.17, 15) is 9.18 Å². The number of amides is 1. The molecule has 0 saturated carbocycles. The molecule has 1 N–H and O–H groups in total. The molecular formula is C18H20FNO2. The van der Waals surface area contributed by atoms with Crippen LogP contribution in [0.1, 0.15) is 27.0 Å². The summed E-state index contributed by atoms with van der Waals surface area (Å²) >= 11 is 0. The van der Waals surface area contributed by atoms with Gasteiger partial charge in [0.05, 0.1) is 7.11 Å². The van der Waals surface area contributed by atoms with Crippen molar-refractivity contribution in [2.24, 2.45) is 0 Å². The minimum atomic E-state index is -0.406. The second kappa shape index (κ2) is 7.07. The second-order valence-electron chi connectivity index (χ2n) is 5.28. The number of hydrogen-bond donors (Lipinski definition) is 1. The standard InChI is InChI=1S/C18H20FNO2/c1-12-4-7-17(22-3)14(10-12)8-9-20-18(21)16-11-15(19)6-5-13(16)2/h4-7,10-11H,8-9H2,1-3H3,(H,20,21). The molecule has 0 fully saturated rings. The van der Waals surface area contributed by atoms with Crippen LogP contribution in [0.2, 0.25) is 0 Å². The molecule has 0 spiro atoms. The first-order valence-electron chi connectivity index (χ1n) is 7.19. The number of carbonyl (C=O) groups excluding carboxylic acids is 1. The van der Waals surface area contributed by atoms with Crippen molar-refractivity contribution in [3.63, 3.8) is 0 Å². The van der Waals surface area contributed by atoms with Crippen molar-refractivity contribution >= 4 is 5.91 Å². The number of benzene rings is 2. The van der Waals surface area contributed by atoms with Crippen LogP contribution in [0.15, 0.2) is 36.4 Å². The SMILES string of the molecule is COc1ccc(C)cc1CCNC(=O)c1cc(F)ccc1C. The lowest BCUT2D eigenvalue weighted by Gasteiger charge is -2.11. The molecule has 2 aromatic carbocycles. The molecule has 0 saturated heterocycles. The molecule has 4 heteroatoms. The van der Waals surface area contributed by atoms with Crippen LogP contribution >= 0.6 is 0 Å². The van der Waals surface area contributed by atoms with Crippen LogP contribution in [0.25, 0.3) is 0 Å². The van der Waals surface area contributed by atoms with E-state index in [0.717, 1.165) is 22.4 Å². The van der Waals surface area contributed by atoms with E-state index in [4.69, 9.17) is 4.74 Å². The van der Waals surface area contributed by atoms with Gasteiger partial charge in [0.2, 0.25) is 0 Å². The minimum Gasteiger partial charge on any atom is -0.496 e. The Morgan fingerprint density at radius 2 is 1.95 bits per heavy atom. The predicted octanol–water partition coefficient (Wildman–Crippen LogP) is 3.42. The molecule has 0 bridgehead atoms. The summed E-state index contributed by atoms with van der Waals surface area (Å²) in [5, 5.41) is 2.83. The molecule has 1 amide bonds. The molecule has 0 aliphatic heterocycles. The summed E-state index contributed by atoms with van der Waals surface area (Å²) in [6, 6.07) is 10.2. The first-order valence-corrected chi connectivity index (χ1v) is 7.19. The number of halogens is 1. The number of rotatable bonds is 5. The number of aryl methyl sites for hydroxylation is 2. The van der Waals surface area contributed by atoms with Gasteiger partial charge in [-0.05, 0) is 49.6 Å². The molecule has 0 unspecified atom stereocenters. The van der Waals surface area contributed by atoms with Gasteiger partial charge in [-0.15, -0.1) is 0 Å². The monoisotopic (exact) mass is 301 g/mol. The average molecular weight is 301 g/mol. The van der Waals surface area contributed by atoms with Crippen LogP contribution in [0, 0.1) is 19.7 Å². The largest absolute Gasteiger partial charge is 0.496 e. The first-order chi connectivity index (χ1) is 10.5. The lowest BCUT2D eigenvalue weighted by Crippen LogP contribution is -2.26. The van der Waals surface area contributed by atoms with Gasteiger partial charge in [0.1, 0.15) is 11.6 Å². The Balaban J connectivity index is 2.00. The van der Waals surface area contributed by atoms with Crippen LogP contribution in [0.3, 0.4) is 0 Å². The Kier molecular flexibility index (Phi) is 5.15. The maximum atomic E-state index is 13.2. The molecule has 2 aromatic rings. The fraction of sp³-hybridized carbons (Fsp3) is 0.278. The molecule has 0 radical (unpaired) electrons. The molecule has 116 valence electrons. The Hall–Kier alpha value is -2.36. The number of ether oxygens (including phenoxy) is 1. The van der Waals surface area contributed by atoms with Crippen molar-refractivity contribution < 1.29 is 13.9 Å². The highest BCUT2D eigenvalue weighted by Gasteiger charge is 2.10. The molecule has 0 aliphatic carbocycles. The molecular weight excluding hydrogens is 281 g/mol. The third-order valence-electron chi connectivity index (χ3n) is 3.56. The Labute approximate surface area is 130 Å². The van der Waals surface area contributed by atoms with Gasteiger partial charge in [-0.3, -0.25) is 4.79 Å².